The average Bonchev–Trinajstić information content (AvgIpc) is 2.62. The highest BCUT2D eigenvalue weighted by Crippen LogP contribution is 2.27. The van der Waals surface area contributed by atoms with Gasteiger partial charge in [0, 0.05) is 19.2 Å². The lowest BCUT2D eigenvalue weighted by Gasteiger charge is -2.19. The zero-order valence-corrected chi connectivity index (χ0v) is 15.6. The predicted octanol–water partition coefficient (Wildman–Crippen LogP) is 2.68. The summed E-state index contributed by atoms with van der Waals surface area (Å²) in [5.74, 6) is 1.29. The van der Waals surface area contributed by atoms with E-state index in [1.807, 2.05) is 24.3 Å². The number of ether oxygens (including phenoxy) is 3. The van der Waals surface area contributed by atoms with Gasteiger partial charge in [-0.3, -0.25) is 0 Å². The normalized spacial score (nSPS) is 12.6. The molecular formula is C18H23NO5S. The third kappa shape index (κ3) is 4.50. The molecule has 2 aromatic carbocycles. The second-order valence-electron chi connectivity index (χ2n) is 5.45. The number of rotatable bonds is 8. The fourth-order valence-electron chi connectivity index (χ4n) is 2.54. The minimum atomic E-state index is -3.67. The number of para-hydroxylation sites is 1. The molecule has 0 spiro atoms. The molecule has 0 fully saturated rings. The van der Waals surface area contributed by atoms with E-state index in [-0.39, 0.29) is 11.4 Å². The van der Waals surface area contributed by atoms with Crippen LogP contribution in [0.5, 0.6) is 11.5 Å². The highest BCUT2D eigenvalue weighted by molar-refractivity contribution is 7.89. The van der Waals surface area contributed by atoms with Crippen LogP contribution in [0, 0.1) is 6.92 Å². The third-order valence-electron chi connectivity index (χ3n) is 3.91. The van der Waals surface area contributed by atoms with Crippen LogP contribution in [0.1, 0.15) is 17.2 Å². The maximum atomic E-state index is 12.6. The van der Waals surface area contributed by atoms with Crippen molar-refractivity contribution in [2.75, 3.05) is 27.9 Å². The van der Waals surface area contributed by atoms with E-state index >= 15 is 0 Å². The van der Waals surface area contributed by atoms with Gasteiger partial charge in [0.15, 0.2) is 0 Å². The van der Waals surface area contributed by atoms with Crippen molar-refractivity contribution in [3.63, 3.8) is 0 Å². The van der Waals surface area contributed by atoms with Crippen molar-refractivity contribution >= 4 is 10.0 Å². The quantitative estimate of drug-likeness (QED) is 0.779. The summed E-state index contributed by atoms with van der Waals surface area (Å²) in [5, 5.41) is 0. The molecule has 1 atom stereocenters. The van der Waals surface area contributed by atoms with Crippen LogP contribution in [-0.2, 0) is 14.8 Å². The van der Waals surface area contributed by atoms with Crippen molar-refractivity contribution in [3.05, 3.63) is 53.6 Å². The number of hydrogen-bond donors (Lipinski definition) is 1. The van der Waals surface area contributed by atoms with E-state index in [0.29, 0.717) is 11.5 Å². The van der Waals surface area contributed by atoms with E-state index in [1.165, 1.54) is 13.2 Å². The fraction of sp³-hybridized carbons (Fsp3) is 0.333. The lowest BCUT2D eigenvalue weighted by molar-refractivity contribution is 0.105. The Morgan fingerprint density at radius 1 is 1.00 bits per heavy atom. The maximum absolute atomic E-state index is 12.6. The van der Waals surface area contributed by atoms with Crippen molar-refractivity contribution in [1.82, 2.24) is 4.72 Å². The summed E-state index contributed by atoms with van der Waals surface area (Å²) >= 11 is 0. The van der Waals surface area contributed by atoms with E-state index in [0.717, 1.165) is 11.1 Å². The lowest BCUT2D eigenvalue weighted by atomic mass is 10.1. The van der Waals surface area contributed by atoms with E-state index in [1.54, 1.807) is 33.3 Å². The van der Waals surface area contributed by atoms with Crippen LogP contribution in [0.2, 0.25) is 0 Å². The molecule has 0 heterocycles. The highest BCUT2D eigenvalue weighted by Gasteiger charge is 2.20. The Bertz CT molecular complexity index is 820. The number of sulfonamides is 1. The van der Waals surface area contributed by atoms with Crippen molar-refractivity contribution in [3.8, 4) is 11.5 Å². The van der Waals surface area contributed by atoms with E-state index in [2.05, 4.69) is 4.72 Å². The molecule has 0 aliphatic heterocycles. The number of aryl methyl sites for hydroxylation is 1. The molecule has 1 N–H and O–H groups in total. The van der Waals surface area contributed by atoms with Gasteiger partial charge < -0.3 is 14.2 Å². The van der Waals surface area contributed by atoms with Gasteiger partial charge in [0.2, 0.25) is 10.0 Å². The Labute approximate surface area is 148 Å². The molecule has 0 amide bonds. The van der Waals surface area contributed by atoms with Crippen LogP contribution in [-0.4, -0.2) is 36.3 Å². The van der Waals surface area contributed by atoms with Gasteiger partial charge in [-0.2, -0.15) is 0 Å². The summed E-state index contributed by atoms with van der Waals surface area (Å²) in [6, 6.07) is 12.1. The van der Waals surface area contributed by atoms with Crippen LogP contribution in [0.15, 0.2) is 47.4 Å². The topological polar surface area (TPSA) is 73.9 Å². The monoisotopic (exact) mass is 365 g/mol. The summed E-state index contributed by atoms with van der Waals surface area (Å²) in [6.45, 7) is 1.88. The third-order valence-corrected chi connectivity index (χ3v) is 5.33. The molecule has 0 bridgehead atoms. The maximum Gasteiger partial charge on any atom is 0.240 e. The molecule has 0 aromatic heterocycles. The summed E-state index contributed by atoms with van der Waals surface area (Å²) in [6.07, 6.45) is -0.467. The zero-order chi connectivity index (χ0) is 18.4. The average molecular weight is 365 g/mol. The molecule has 0 saturated carbocycles. The molecule has 2 rings (SSSR count). The lowest BCUT2D eigenvalue weighted by Crippen LogP contribution is -2.29. The Kier molecular flexibility index (Phi) is 6.41. The van der Waals surface area contributed by atoms with E-state index in [4.69, 9.17) is 14.2 Å². The number of nitrogens with one attached hydrogen (secondary N) is 1. The van der Waals surface area contributed by atoms with E-state index < -0.39 is 16.1 Å². The summed E-state index contributed by atoms with van der Waals surface area (Å²) < 4.78 is 43.6. The molecule has 25 heavy (non-hydrogen) atoms. The minimum Gasteiger partial charge on any atom is -0.496 e. The Morgan fingerprint density at radius 2 is 1.68 bits per heavy atom. The standard InChI is InChI=1S/C18H23NO5S/c1-13-11-14(9-10-16(13)22-2)25(20,21)19-12-18(24-4)15-7-5-6-8-17(15)23-3/h5-11,18-19H,12H2,1-4H3. The van der Waals surface area contributed by atoms with Crippen LogP contribution in [0.4, 0.5) is 0 Å². The molecule has 0 saturated heterocycles. The van der Waals surface area contributed by atoms with Crippen molar-refractivity contribution in [2.24, 2.45) is 0 Å². The first kappa shape index (κ1) is 19.2. The largest absolute Gasteiger partial charge is 0.496 e. The number of hydrogen-bond acceptors (Lipinski definition) is 5. The smallest absolute Gasteiger partial charge is 0.240 e. The van der Waals surface area contributed by atoms with Gasteiger partial charge in [0.05, 0.1) is 25.2 Å². The van der Waals surface area contributed by atoms with Crippen LogP contribution < -0.4 is 14.2 Å². The predicted molar refractivity (Wildman–Crippen MR) is 95.7 cm³/mol. The summed E-state index contributed by atoms with van der Waals surface area (Å²) in [7, 11) is 0.976. The van der Waals surface area contributed by atoms with Crippen molar-refractivity contribution < 1.29 is 22.6 Å². The van der Waals surface area contributed by atoms with Gasteiger partial charge >= 0.3 is 0 Å². The first-order chi connectivity index (χ1) is 11.9. The SMILES string of the molecule is COc1ccc(S(=O)(=O)NCC(OC)c2ccccc2OC)cc1C. The first-order valence-electron chi connectivity index (χ1n) is 7.73. The van der Waals surface area contributed by atoms with Gasteiger partial charge in [-0.05, 0) is 36.8 Å². The van der Waals surface area contributed by atoms with E-state index in [9.17, 15) is 8.42 Å². The van der Waals surface area contributed by atoms with Gasteiger partial charge in [0.1, 0.15) is 11.5 Å². The highest BCUT2D eigenvalue weighted by atomic mass is 32.2. The molecule has 6 nitrogen and oxygen atoms in total. The molecule has 136 valence electrons. The molecule has 7 heteroatoms. The minimum absolute atomic E-state index is 0.0876. The van der Waals surface area contributed by atoms with Crippen LogP contribution in [0.25, 0.3) is 0 Å². The van der Waals surface area contributed by atoms with Gasteiger partial charge in [-0.25, -0.2) is 13.1 Å². The van der Waals surface area contributed by atoms with Gasteiger partial charge in [-0.15, -0.1) is 0 Å². The molecule has 1 unspecified atom stereocenters. The van der Waals surface area contributed by atoms with Crippen molar-refractivity contribution in [1.29, 1.82) is 0 Å². The first-order valence-corrected chi connectivity index (χ1v) is 9.21. The summed E-state index contributed by atoms with van der Waals surface area (Å²) in [4.78, 5) is 0.181. The number of methoxy groups -OCH3 is 3. The van der Waals surface area contributed by atoms with Gasteiger partial charge in [0.25, 0.3) is 0 Å². The fourth-order valence-corrected chi connectivity index (χ4v) is 3.66. The Morgan fingerprint density at radius 3 is 2.28 bits per heavy atom. The molecular weight excluding hydrogens is 342 g/mol. The zero-order valence-electron chi connectivity index (χ0n) is 14.8. The van der Waals surface area contributed by atoms with Gasteiger partial charge in [-0.1, -0.05) is 18.2 Å². The Hall–Kier alpha value is -2.09. The second-order valence-corrected chi connectivity index (χ2v) is 7.22. The molecule has 0 aliphatic rings. The van der Waals surface area contributed by atoms with Crippen LogP contribution >= 0.6 is 0 Å². The summed E-state index contributed by atoms with van der Waals surface area (Å²) in [5.41, 5.74) is 1.53. The van der Waals surface area contributed by atoms with Crippen molar-refractivity contribution in [2.45, 2.75) is 17.9 Å². The second kappa shape index (κ2) is 8.33. The Balaban J connectivity index is 2.18. The number of benzene rings is 2. The molecule has 0 aliphatic carbocycles. The van der Waals surface area contributed by atoms with Crippen LogP contribution in [0.3, 0.4) is 0 Å². The molecule has 2 aromatic rings. The molecule has 0 radical (unpaired) electrons.